The Morgan fingerprint density at radius 3 is 2.46 bits per heavy atom. The van der Waals surface area contributed by atoms with Crippen molar-refractivity contribution in [2.75, 3.05) is 10.6 Å². The number of aromatic nitrogens is 3. The van der Waals surface area contributed by atoms with Crippen LogP contribution in [0, 0.1) is 0 Å². The van der Waals surface area contributed by atoms with Crippen molar-refractivity contribution in [2.24, 2.45) is 0 Å². The van der Waals surface area contributed by atoms with E-state index in [1.165, 1.54) is 28.6 Å². The second kappa shape index (κ2) is 9.95. The van der Waals surface area contributed by atoms with E-state index in [1.807, 2.05) is 24.3 Å². The van der Waals surface area contributed by atoms with Crippen LogP contribution in [-0.2, 0) is 13.1 Å². The molecule has 0 spiro atoms. The quantitative estimate of drug-likeness (QED) is 0.236. The number of nitrogens with zero attached hydrogens (tertiary/aromatic N) is 4. The van der Waals surface area contributed by atoms with Crippen molar-refractivity contribution in [1.29, 1.82) is 0 Å². The van der Waals surface area contributed by atoms with Gasteiger partial charge in [0.25, 0.3) is 11.8 Å². The number of rotatable bonds is 8. The molecule has 0 atom stereocenters. The third kappa shape index (κ3) is 4.66. The van der Waals surface area contributed by atoms with Gasteiger partial charge in [0, 0.05) is 28.7 Å². The largest absolute Gasteiger partial charge is 0.478 e. The molecular weight excluding hydrogens is 516 g/mol. The number of carboxylic acid groups (broad SMARTS) is 1. The summed E-state index contributed by atoms with van der Waals surface area (Å²) in [6, 6.07) is 19.5. The van der Waals surface area contributed by atoms with Crippen molar-refractivity contribution >= 4 is 56.7 Å². The molecule has 0 aliphatic carbocycles. The summed E-state index contributed by atoms with van der Waals surface area (Å²) < 4.78 is 0. The molecule has 11 heteroatoms. The minimum absolute atomic E-state index is 0.120. The first-order chi connectivity index (χ1) is 19.0. The molecule has 1 aliphatic heterocycles. The van der Waals surface area contributed by atoms with Gasteiger partial charge < -0.3 is 15.7 Å². The Morgan fingerprint density at radius 2 is 1.69 bits per heavy atom. The van der Waals surface area contributed by atoms with Gasteiger partial charge in [-0.1, -0.05) is 41.7 Å². The fourth-order valence-electron chi connectivity index (χ4n) is 4.45. The number of hydrogen-bond acceptors (Lipinski definition) is 9. The van der Waals surface area contributed by atoms with Crippen molar-refractivity contribution < 1.29 is 19.5 Å². The Kier molecular flexibility index (Phi) is 6.17. The molecule has 3 heterocycles. The van der Waals surface area contributed by atoms with Gasteiger partial charge in [0.15, 0.2) is 5.13 Å². The van der Waals surface area contributed by atoms with Gasteiger partial charge in [-0.2, -0.15) is 0 Å². The number of para-hydroxylation sites is 1. The highest BCUT2D eigenvalue weighted by atomic mass is 32.1. The van der Waals surface area contributed by atoms with E-state index in [4.69, 9.17) is 0 Å². The zero-order chi connectivity index (χ0) is 26.9. The number of thiazole rings is 1. The predicted molar refractivity (Wildman–Crippen MR) is 146 cm³/mol. The Morgan fingerprint density at radius 1 is 0.923 bits per heavy atom. The lowest BCUT2D eigenvalue weighted by molar-refractivity contribution is 0.0641. The molecule has 0 bridgehead atoms. The maximum Gasteiger partial charge on any atom is 0.337 e. The predicted octanol–water partition coefficient (Wildman–Crippen LogP) is 4.94. The first-order valence-electron chi connectivity index (χ1n) is 11.9. The van der Waals surface area contributed by atoms with Crippen molar-refractivity contribution in [1.82, 2.24) is 19.9 Å². The molecule has 3 aromatic carbocycles. The molecule has 0 saturated heterocycles. The van der Waals surface area contributed by atoms with Crippen molar-refractivity contribution in [2.45, 2.75) is 13.1 Å². The minimum atomic E-state index is -1.04. The van der Waals surface area contributed by atoms with E-state index in [1.54, 1.807) is 42.6 Å². The Bertz CT molecular complexity index is 1730. The monoisotopic (exact) mass is 536 g/mol. The van der Waals surface area contributed by atoms with E-state index in [0.29, 0.717) is 39.5 Å². The molecule has 0 radical (unpaired) electrons. The Hall–Kier alpha value is -5.16. The van der Waals surface area contributed by atoms with Crippen LogP contribution >= 0.6 is 11.3 Å². The third-order valence-corrected chi connectivity index (χ3v) is 7.18. The van der Waals surface area contributed by atoms with Crippen molar-refractivity contribution in [3.05, 3.63) is 106 Å². The van der Waals surface area contributed by atoms with Crippen LogP contribution in [0.15, 0.2) is 79.3 Å². The van der Waals surface area contributed by atoms with E-state index in [2.05, 4.69) is 25.6 Å². The normalized spacial score (nSPS) is 12.6. The summed E-state index contributed by atoms with van der Waals surface area (Å²) >= 11 is 1.37. The fourth-order valence-corrected chi connectivity index (χ4v) is 5.27. The lowest BCUT2D eigenvalue weighted by Gasteiger charge is -2.11. The summed E-state index contributed by atoms with van der Waals surface area (Å²) in [5.41, 5.74) is 3.12. The molecule has 2 amide bonds. The molecule has 6 rings (SSSR count). The maximum atomic E-state index is 12.7. The lowest BCUT2D eigenvalue weighted by Crippen LogP contribution is -2.28. The van der Waals surface area contributed by atoms with Gasteiger partial charge >= 0.3 is 5.97 Å². The fraction of sp³-hybridized carbons (Fsp3) is 0.0714. The maximum absolute atomic E-state index is 12.7. The average molecular weight is 537 g/mol. The zero-order valence-electron chi connectivity index (χ0n) is 20.3. The van der Waals surface area contributed by atoms with Gasteiger partial charge in [-0.25, -0.2) is 19.7 Å². The number of imide groups is 1. The number of carbonyl (C=O) groups excluding carboxylic acids is 2. The number of carboxylic acids is 1. The van der Waals surface area contributed by atoms with Crippen LogP contribution in [0.3, 0.4) is 0 Å². The highest BCUT2D eigenvalue weighted by Crippen LogP contribution is 2.29. The molecule has 0 unspecified atom stereocenters. The molecule has 10 nitrogen and oxygen atoms in total. The summed E-state index contributed by atoms with van der Waals surface area (Å²) in [6.45, 7) is 0.605. The SMILES string of the molecule is O=C(O)c1cccc2c(NCc3cccc(Nc4ncc(CN5C(=O)c6ccccc6C5=O)s4)c3)ncnc12. The van der Waals surface area contributed by atoms with Gasteiger partial charge in [0.1, 0.15) is 12.1 Å². The standard InChI is InChI=1S/C28H20N6O4S/c35-25-19-7-1-2-8-20(19)26(36)34(25)14-18-13-30-28(39-18)33-17-6-3-5-16(11-17)12-29-24-21-9-4-10-22(27(37)38)23(21)31-15-32-24/h1-11,13,15H,12,14H2,(H,30,33)(H,37,38)(H,29,31,32). The molecule has 0 saturated carbocycles. The van der Waals surface area contributed by atoms with E-state index in [0.717, 1.165) is 16.1 Å². The van der Waals surface area contributed by atoms with E-state index >= 15 is 0 Å². The van der Waals surface area contributed by atoms with Gasteiger partial charge in [-0.15, -0.1) is 0 Å². The Balaban J connectivity index is 1.13. The van der Waals surface area contributed by atoms with Crippen LogP contribution < -0.4 is 10.6 Å². The highest BCUT2D eigenvalue weighted by Gasteiger charge is 2.35. The zero-order valence-corrected chi connectivity index (χ0v) is 21.1. The first kappa shape index (κ1) is 24.2. The summed E-state index contributed by atoms with van der Waals surface area (Å²) in [5.74, 6) is -1.10. The van der Waals surface area contributed by atoms with Gasteiger partial charge in [0.05, 0.1) is 28.8 Å². The highest BCUT2D eigenvalue weighted by molar-refractivity contribution is 7.15. The van der Waals surface area contributed by atoms with E-state index < -0.39 is 5.97 Å². The number of amides is 2. The van der Waals surface area contributed by atoms with Crippen LogP contribution in [0.25, 0.3) is 10.9 Å². The smallest absolute Gasteiger partial charge is 0.337 e. The number of aromatic carboxylic acids is 1. The van der Waals surface area contributed by atoms with Gasteiger partial charge in [0.2, 0.25) is 0 Å². The molecule has 3 N–H and O–H groups in total. The second-order valence-corrected chi connectivity index (χ2v) is 9.90. The molecule has 5 aromatic rings. The van der Waals surface area contributed by atoms with Gasteiger partial charge in [-0.3, -0.25) is 14.5 Å². The molecule has 0 fully saturated rings. The Labute approximate surface area is 226 Å². The molecule has 2 aromatic heterocycles. The summed E-state index contributed by atoms with van der Waals surface area (Å²) in [7, 11) is 0. The average Bonchev–Trinajstić information content (AvgIpc) is 3.49. The number of nitrogens with one attached hydrogen (secondary N) is 2. The van der Waals surface area contributed by atoms with Crippen LogP contribution in [0.5, 0.6) is 0 Å². The molecule has 192 valence electrons. The minimum Gasteiger partial charge on any atom is -0.478 e. The number of anilines is 3. The number of carbonyl (C=O) groups is 3. The van der Waals surface area contributed by atoms with E-state index in [9.17, 15) is 19.5 Å². The molecule has 1 aliphatic rings. The summed E-state index contributed by atoms with van der Waals surface area (Å²) in [6.07, 6.45) is 3.00. The first-order valence-corrected chi connectivity index (χ1v) is 12.8. The second-order valence-electron chi connectivity index (χ2n) is 8.78. The van der Waals surface area contributed by atoms with Gasteiger partial charge in [-0.05, 0) is 42.0 Å². The summed E-state index contributed by atoms with van der Waals surface area (Å²) in [5, 5.41) is 17.2. The number of hydrogen-bond donors (Lipinski definition) is 3. The summed E-state index contributed by atoms with van der Waals surface area (Å²) in [4.78, 5) is 51.7. The number of benzene rings is 3. The topological polar surface area (TPSA) is 137 Å². The van der Waals surface area contributed by atoms with Crippen molar-refractivity contribution in [3.63, 3.8) is 0 Å². The number of fused-ring (bicyclic) bond motifs is 2. The van der Waals surface area contributed by atoms with Crippen LogP contribution in [0.1, 0.15) is 41.5 Å². The van der Waals surface area contributed by atoms with E-state index in [-0.39, 0.29) is 23.9 Å². The van der Waals surface area contributed by atoms with Crippen LogP contribution in [0.2, 0.25) is 0 Å². The van der Waals surface area contributed by atoms with Crippen molar-refractivity contribution in [3.8, 4) is 0 Å². The third-order valence-electron chi connectivity index (χ3n) is 6.28. The van der Waals surface area contributed by atoms with Crippen LogP contribution in [-0.4, -0.2) is 42.7 Å². The molecular formula is C28H20N6O4S. The van der Waals surface area contributed by atoms with Crippen LogP contribution in [0.4, 0.5) is 16.6 Å². The lowest BCUT2D eigenvalue weighted by atomic mass is 10.1. The molecule has 39 heavy (non-hydrogen) atoms.